The molecule has 0 heterocycles. The number of nitrogens with zero attached hydrogens (tertiary/aromatic N) is 2. The first-order valence-electron chi connectivity index (χ1n) is 8.53. The Balaban J connectivity index is 2.28. The van der Waals surface area contributed by atoms with Crippen molar-refractivity contribution >= 4 is 17.3 Å². The monoisotopic (exact) mass is 393 g/mol. The van der Waals surface area contributed by atoms with Crippen molar-refractivity contribution in [3.8, 4) is 6.07 Å². The molecule has 0 atom stereocenters. The smallest absolute Gasteiger partial charge is 0.376 e. The minimum Gasteiger partial charge on any atom is -0.376 e. The van der Waals surface area contributed by atoms with Crippen LogP contribution in [0.2, 0.25) is 0 Å². The Morgan fingerprint density at radius 2 is 1.82 bits per heavy atom. The van der Waals surface area contributed by atoms with Crippen molar-refractivity contribution in [3.63, 3.8) is 0 Å². The summed E-state index contributed by atoms with van der Waals surface area (Å²) in [6, 6.07) is 10.1. The summed E-state index contributed by atoms with van der Waals surface area (Å²) in [5.74, 6) is -0.869. The zero-order valence-electron chi connectivity index (χ0n) is 15.3. The van der Waals surface area contributed by atoms with E-state index in [4.69, 9.17) is 5.26 Å². The number of rotatable bonds is 6. The van der Waals surface area contributed by atoms with Crippen LogP contribution in [0, 0.1) is 23.1 Å². The van der Waals surface area contributed by atoms with Crippen LogP contribution in [0.15, 0.2) is 42.5 Å². The second-order valence-corrected chi connectivity index (χ2v) is 6.60. The number of benzene rings is 2. The molecule has 0 saturated carbocycles. The number of alkyl halides is 3. The Morgan fingerprint density at radius 1 is 1.18 bits per heavy atom. The van der Waals surface area contributed by atoms with Crippen LogP contribution in [0.4, 0.5) is 28.9 Å². The quantitative estimate of drug-likeness (QED) is 0.716. The Labute approximate surface area is 160 Å². The van der Waals surface area contributed by atoms with Crippen LogP contribution in [-0.4, -0.2) is 19.0 Å². The van der Waals surface area contributed by atoms with Gasteiger partial charge in [0.05, 0.1) is 23.7 Å². The van der Waals surface area contributed by atoms with Crippen molar-refractivity contribution in [1.82, 2.24) is 0 Å². The first kappa shape index (κ1) is 21.2. The van der Waals surface area contributed by atoms with Crippen LogP contribution in [0.3, 0.4) is 0 Å². The van der Waals surface area contributed by atoms with Gasteiger partial charge < -0.3 is 10.2 Å². The van der Waals surface area contributed by atoms with Gasteiger partial charge in [0.25, 0.3) is 0 Å². The molecule has 0 unspecified atom stereocenters. The fourth-order valence-electron chi connectivity index (χ4n) is 2.59. The van der Waals surface area contributed by atoms with Crippen LogP contribution < -0.4 is 10.2 Å². The summed E-state index contributed by atoms with van der Waals surface area (Å²) in [6.45, 7) is 3.69. The molecule has 4 nitrogen and oxygen atoms in total. The first-order chi connectivity index (χ1) is 13.1. The Kier molecular flexibility index (Phi) is 6.62. The van der Waals surface area contributed by atoms with Crippen molar-refractivity contribution in [2.75, 3.05) is 23.3 Å². The SMILES string of the molecule is CC(C)CN(C(=O)CNc1ccc(F)cc1)c1ccc(C#N)c(C(F)(F)F)c1. The van der Waals surface area contributed by atoms with Crippen LogP contribution >= 0.6 is 0 Å². The number of carbonyl (C=O) groups is 1. The van der Waals surface area contributed by atoms with E-state index in [2.05, 4.69) is 5.32 Å². The molecule has 2 aromatic rings. The number of hydrogen-bond donors (Lipinski definition) is 1. The number of amides is 1. The van der Waals surface area contributed by atoms with Crippen LogP contribution in [0.5, 0.6) is 0 Å². The van der Waals surface area contributed by atoms with Gasteiger partial charge in [-0.2, -0.15) is 18.4 Å². The summed E-state index contributed by atoms with van der Waals surface area (Å²) in [6.07, 6.45) is -4.71. The summed E-state index contributed by atoms with van der Waals surface area (Å²) < 4.78 is 52.7. The van der Waals surface area contributed by atoms with E-state index in [1.165, 1.54) is 41.3 Å². The van der Waals surface area contributed by atoms with E-state index in [1.807, 2.05) is 13.8 Å². The van der Waals surface area contributed by atoms with Gasteiger partial charge in [0.15, 0.2) is 0 Å². The average Bonchev–Trinajstić information content (AvgIpc) is 2.64. The molecule has 0 aliphatic heterocycles. The van der Waals surface area contributed by atoms with E-state index in [-0.39, 0.29) is 24.7 Å². The lowest BCUT2D eigenvalue weighted by atomic mass is 10.1. The maximum atomic E-state index is 13.2. The van der Waals surface area contributed by atoms with Crippen molar-refractivity contribution in [1.29, 1.82) is 5.26 Å². The fraction of sp³-hybridized carbons (Fsp3) is 0.300. The Bertz CT molecular complexity index is 871. The van der Waals surface area contributed by atoms with Gasteiger partial charge in [-0.3, -0.25) is 4.79 Å². The molecule has 0 spiro atoms. The summed E-state index contributed by atoms with van der Waals surface area (Å²) >= 11 is 0. The molecule has 0 saturated heterocycles. The number of hydrogen-bond acceptors (Lipinski definition) is 3. The van der Waals surface area contributed by atoms with Crippen molar-refractivity contribution in [3.05, 3.63) is 59.4 Å². The molecule has 2 rings (SSSR count). The van der Waals surface area contributed by atoms with E-state index >= 15 is 0 Å². The molecular weight excluding hydrogens is 374 g/mol. The van der Waals surface area contributed by atoms with E-state index in [9.17, 15) is 22.4 Å². The van der Waals surface area contributed by atoms with Gasteiger partial charge in [0.1, 0.15) is 5.82 Å². The highest BCUT2D eigenvalue weighted by Gasteiger charge is 2.34. The maximum Gasteiger partial charge on any atom is 0.417 e. The molecule has 0 bridgehead atoms. The van der Waals surface area contributed by atoms with Gasteiger partial charge >= 0.3 is 6.18 Å². The first-order valence-corrected chi connectivity index (χ1v) is 8.53. The minimum atomic E-state index is -4.71. The number of nitriles is 1. The molecule has 148 valence electrons. The molecule has 2 aromatic carbocycles. The second kappa shape index (κ2) is 8.74. The molecule has 1 amide bonds. The van der Waals surface area contributed by atoms with Crippen LogP contribution in [0.25, 0.3) is 0 Å². The zero-order chi connectivity index (χ0) is 20.9. The molecule has 0 fully saturated rings. The average molecular weight is 393 g/mol. The number of nitrogens with one attached hydrogen (secondary N) is 1. The zero-order valence-corrected chi connectivity index (χ0v) is 15.3. The summed E-state index contributed by atoms with van der Waals surface area (Å²) in [7, 11) is 0. The van der Waals surface area contributed by atoms with Gasteiger partial charge in [-0.15, -0.1) is 0 Å². The Morgan fingerprint density at radius 3 is 2.36 bits per heavy atom. The number of anilines is 2. The van der Waals surface area contributed by atoms with E-state index in [1.54, 1.807) is 0 Å². The standard InChI is InChI=1S/C20H19F4N3O/c1-13(2)12-27(19(28)11-26-16-6-4-15(21)5-7-16)17-8-3-14(10-25)18(9-17)20(22,23)24/h3-9,13,26H,11-12H2,1-2H3. The van der Waals surface area contributed by atoms with E-state index in [0.717, 1.165) is 12.1 Å². The Hall–Kier alpha value is -3.08. The number of halogens is 4. The van der Waals surface area contributed by atoms with Gasteiger partial charge in [-0.1, -0.05) is 13.8 Å². The molecule has 0 aliphatic rings. The van der Waals surface area contributed by atoms with Gasteiger partial charge in [0.2, 0.25) is 5.91 Å². The van der Waals surface area contributed by atoms with Gasteiger partial charge in [-0.05, 0) is 48.4 Å². The normalized spacial score (nSPS) is 11.2. The van der Waals surface area contributed by atoms with Crippen LogP contribution in [-0.2, 0) is 11.0 Å². The second-order valence-electron chi connectivity index (χ2n) is 6.60. The van der Waals surface area contributed by atoms with Crippen molar-refractivity contribution in [2.45, 2.75) is 20.0 Å². The summed E-state index contributed by atoms with van der Waals surface area (Å²) in [5, 5.41) is 11.8. The van der Waals surface area contributed by atoms with Crippen molar-refractivity contribution in [2.24, 2.45) is 5.92 Å². The van der Waals surface area contributed by atoms with Gasteiger partial charge in [0, 0.05) is 17.9 Å². The molecule has 8 heteroatoms. The van der Waals surface area contributed by atoms with Gasteiger partial charge in [-0.25, -0.2) is 4.39 Å². The highest BCUT2D eigenvalue weighted by molar-refractivity contribution is 5.96. The highest BCUT2D eigenvalue weighted by atomic mass is 19.4. The molecule has 0 aromatic heterocycles. The minimum absolute atomic E-state index is 0.000230. The third kappa shape index (κ3) is 5.46. The summed E-state index contributed by atoms with van der Waals surface area (Å²) in [4.78, 5) is 13.9. The fourth-order valence-corrected chi connectivity index (χ4v) is 2.59. The molecular formula is C20H19F4N3O. The van der Waals surface area contributed by atoms with Crippen molar-refractivity contribution < 1.29 is 22.4 Å². The van der Waals surface area contributed by atoms with Crippen LogP contribution in [0.1, 0.15) is 25.0 Å². The summed E-state index contributed by atoms with van der Waals surface area (Å²) in [5.41, 5.74) is -1.01. The lowest BCUT2D eigenvalue weighted by Gasteiger charge is -2.26. The lowest BCUT2D eigenvalue weighted by molar-refractivity contribution is -0.137. The molecule has 0 radical (unpaired) electrons. The lowest BCUT2D eigenvalue weighted by Crippen LogP contribution is -2.38. The molecule has 1 N–H and O–H groups in total. The highest BCUT2D eigenvalue weighted by Crippen LogP contribution is 2.34. The predicted molar refractivity (Wildman–Crippen MR) is 98.2 cm³/mol. The molecule has 28 heavy (non-hydrogen) atoms. The van der Waals surface area contributed by atoms with E-state index in [0.29, 0.717) is 5.69 Å². The topological polar surface area (TPSA) is 56.1 Å². The third-order valence-corrected chi connectivity index (χ3v) is 3.88. The predicted octanol–water partition coefficient (Wildman–Crippen LogP) is 4.82. The third-order valence-electron chi connectivity index (χ3n) is 3.88. The maximum absolute atomic E-state index is 13.2. The largest absolute Gasteiger partial charge is 0.417 e. The molecule has 0 aliphatic carbocycles. The van der Waals surface area contributed by atoms with E-state index < -0.39 is 29.0 Å². The number of carbonyl (C=O) groups excluding carboxylic acids is 1.